The van der Waals surface area contributed by atoms with Crippen molar-refractivity contribution in [2.24, 2.45) is 5.92 Å². The Morgan fingerprint density at radius 3 is 2.25 bits per heavy atom. The molecule has 74 valence electrons. The summed E-state index contributed by atoms with van der Waals surface area (Å²) in [5.74, 6) is 0.383. The quantitative estimate of drug-likeness (QED) is 0.575. The second kappa shape index (κ2) is 5.50. The predicted octanol–water partition coefficient (Wildman–Crippen LogP) is -0.219. The molecule has 0 bridgehead atoms. The predicted molar refractivity (Wildman–Crippen MR) is 50.6 cm³/mol. The molecular weight excluding hydrogens is 176 g/mol. The minimum Gasteiger partial charge on any atom is -0.318 e. The third kappa shape index (κ3) is 6.57. The summed E-state index contributed by atoms with van der Waals surface area (Å²) in [5.41, 5.74) is 0. The summed E-state index contributed by atoms with van der Waals surface area (Å²) in [6.45, 7) is 4.90. The molecule has 0 atom stereocenters. The second-order valence-corrected chi connectivity index (χ2v) is 5.02. The van der Waals surface area contributed by atoms with Gasteiger partial charge in [0.05, 0.1) is 5.75 Å². The molecule has 0 radical (unpaired) electrons. The van der Waals surface area contributed by atoms with E-state index in [9.17, 15) is 8.42 Å². The van der Waals surface area contributed by atoms with Gasteiger partial charge in [-0.2, -0.15) is 0 Å². The maximum absolute atomic E-state index is 11.2. The van der Waals surface area contributed by atoms with Gasteiger partial charge in [0.25, 0.3) is 0 Å². The Balaban J connectivity index is 3.73. The van der Waals surface area contributed by atoms with Crippen LogP contribution in [0.2, 0.25) is 0 Å². The zero-order valence-electron chi connectivity index (χ0n) is 7.92. The van der Waals surface area contributed by atoms with Crippen molar-refractivity contribution in [2.75, 3.05) is 25.9 Å². The molecule has 12 heavy (non-hydrogen) atoms. The van der Waals surface area contributed by atoms with Crippen molar-refractivity contribution >= 4 is 10.0 Å². The number of nitrogens with one attached hydrogen (secondary N) is 2. The van der Waals surface area contributed by atoms with Gasteiger partial charge in [0.15, 0.2) is 0 Å². The summed E-state index contributed by atoms with van der Waals surface area (Å²) in [5, 5.41) is 2.87. The average Bonchev–Trinajstić information content (AvgIpc) is 1.84. The Labute approximate surface area is 74.8 Å². The van der Waals surface area contributed by atoms with E-state index in [0.29, 0.717) is 13.1 Å². The van der Waals surface area contributed by atoms with E-state index in [-0.39, 0.29) is 11.7 Å². The third-order valence-electron chi connectivity index (χ3n) is 1.25. The number of sulfonamides is 1. The van der Waals surface area contributed by atoms with E-state index in [2.05, 4.69) is 10.0 Å². The summed E-state index contributed by atoms with van der Waals surface area (Å²) in [6, 6.07) is 0. The minimum absolute atomic E-state index is 0.178. The van der Waals surface area contributed by atoms with Crippen molar-refractivity contribution in [1.29, 1.82) is 0 Å². The summed E-state index contributed by atoms with van der Waals surface area (Å²) in [4.78, 5) is 0. The minimum atomic E-state index is -3.04. The van der Waals surface area contributed by atoms with Crippen molar-refractivity contribution in [3.8, 4) is 0 Å². The highest BCUT2D eigenvalue weighted by Gasteiger charge is 2.10. The molecule has 2 N–H and O–H groups in total. The van der Waals surface area contributed by atoms with Gasteiger partial charge >= 0.3 is 0 Å². The highest BCUT2D eigenvalue weighted by molar-refractivity contribution is 7.89. The molecule has 0 aliphatic carbocycles. The highest BCUT2D eigenvalue weighted by atomic mass is 32.2. The van der Waals surface area contributed by atoms with Crippen LogP contribution in [0.25, 0.3) is 0 Å². The molecule has 0 aliphatic heterocycles. The molecule has 0 fully saturated rings. The van der Waals surface area contributed by atoms with Gasteiger partial charge in [0, 0.05) is 13.1 Å². The first-order valence-electron chi connectivity index (χ1n) is 4.10. The van der Waals surface area contributed by atoms with Crippen LogP contribution in [-0.2, 0) is 10.0 Å². The van der Waals surface area contributed by atoms with Gasteiger partial charge in [-0.3, -0.25) is 0 Å². The van der Waals surface area contributed by atoms with Crippen LogP contribution < -0.4 is 10.0 Å². The van der Waals surface area contributed by atoms with Gasteiger partial charge in [0.1, 0.15) is 0 Å². The van der Waals surface area contributed by atoms with Crippen LogP contribution in [0.3, 0.4) is 0 Å². The molecule has 0 aromatic rings. The molecule has 0 spiro atoms. The fourth-order valence-corrected chi connectivity index (χ4v) is 2.24. The smallest absolute Gasteiger partial charge is 0.211 e. The summed E-state index contributed by atoms with van der Waals surface area (Å²) in [7, 11) is -1.25. The van der Waals surface area contributed by atoms with Gasteiger partial charge in [-0.05, 0) is 13.0 Å². The van der Waals surface area contributed by atoms with Gasteiger partial charge in [-0.1, -0.05) is 13.8 Å². The first-order chi connectivity index (χ1) is 5.48. The fourth-order valence-electron chi connectivity index (χ4n) is 0.829. The molecule has 0 aromatic heterocycles. The molecule has 4 nitrogen and oxygen atoms in total. The van der Waals surface area contributed by atoms with Gasteiger partial charge < -0.3 is 5.32 Å². The van der Waals surface area contributed by atoms with Crippen LogP contribution in [0.1, 0.15) is 13.8 Å². The fraction of sp³-hybridized carbons (Fsp3) is 1.00. The van der Waals surface area contributed by atoms with E-state index in [0.717, 1.165) is 0 Å². The van der Waals surface area contributed by atoms with E-state index >= 15 is 0 Å². The van der Waals surface area contributed by atoms with Crippen molar-refractivity contribution < 1.29 is 8.42 Å². The van der Waals surface area contributed by atoms with Gasteiger partial charge in [-0.15, -0.1) is 0 Å². The Kier molecular flexibility index (Phi) is 5.44. The van der Waals surface area contributed by atoms with Gasteiger partial charge in [-0.25, -0.2) is 13.1 Å². The van der Waals surface area contributed by atoms with Crippen LogP contribution in [0.15, 0.2) is 0 Å². The van der Waals surface area contributed by atoms with Crippen LogP contribution >= 0.6 is 0 Å². The Morgan fingerprint density at radius 1 is 1.25 bits per heavy atom. The summed E-state index contributed by atoms with van der Waals surface area (Å²) >= 11 is 0. The van der Waals surface area contributed by atoms with Crippen molar-refractivity contribution in [1.82, 2.24) is 10.0 Å². The Hall–Kier alpha value is -0.130. The molecule has 0 aromatic carbocycles. The van der Waals surface area contributed by atoms with E-state index < -0.39 is 10.0 Å². The lowest BCUT2D eigenvalue weighted by Crippen LogP contribution is -2.33. The standard InChI is InChI=1S/C7H18N2O2S/c1-7(2)6-12(10,11)9-5-4-8-3/h7-9H,4-6H2,1-3H3. The SMILES string of the molecule is CNCCNS(=O)(=O)CC(C)C. The number of hydrogen-bond donors (Lipinski definition) is 2. The van der Waals surface area contributed by atoms with Crippen LogP contribution in [0.5, 0.6) is 0 Å². The Morgan fingerprint density at radius 2 is 1.83 bits per heavy atom. The lowest BCUT2D eigenvalue weighted by atomic mass is 10.3. The maximum atomic E-state index is 11.2. The topological polar surface area (TPSA) is 58.2 Å². The van der Waals surface area contributed by atoms with Crippen LogP contribution in [0.4, 0.5) is 0 Å². The zero-order valence-corrected chi connectivity index (χ0v) is 8.74. The summed E-state index contributed by atoms with van der Waals surface area (Å²) < 4.78 is 24.9. The van der Waals surface area contributed by atoms with Crippen molar-refractivity contribution in [3.05, 3.63) is 0 Å². The van der Waals surface area contributed by atoms with E-state index in [1.165, 1.54) is 0 Å². The molecule has 0 unspecified atom stereocenters. The molecule has 0 amide bonds. The van der Waals surface area contributed by atoms with E-state index in [1.807, 2.05) is 13.8 Å². The molecule has 0 saturated carbocycles. The molecule has 0 heterocycles. The lowest BCUT2D eigenvalue weighted by molar-refractivity contribution is 0.566. The molecule has 5 heteroatoms. The number of hydrogen-bond acceptors (Lipinski definition) is 3. The Bertz CT molecular complexity index is 199. The average molecular weight is 194 g/mol. The van der Waals surface area contributed by atoms with Gasteiger partial charge in [0.2, 0.25) is 10.0 Å². The third-order valence-corrected chi connectivity index (χ3v) is 3.00. The van der Waals surface area contributed by atoms with Crippen LogP contribution in [-0.4, -0.2) is 34.3 Å². The molecular formula is C7H18N2O2S. The van der Waals surface area contributed by atoms with Crippen molar-refractivity contribution in [3.63, 3.8) is 0 Å². The zero-order chi connectivity index (χ0) is 9.61. The molecule has 0 saturated heterocycles. The first kappa shape index (κ1) is 11.9. The number of rotatable bonds is 6. The first-order valence-corrected chi connectivity index (χ1v) is 5.75. The lowest BCUT2D eigenvalue weighted by Gasteiger charge is -2.07. The highest BCUT2D eigenvalue weighted by Crippen LogP contribution is 1.96. The largest absolute Gasteiger partial charge is 0.318 e. The normalized spacial score (nSPS) is 12.3. The van der Waals surface area contributed by atoms with Crippen LogP contribution in [0, 0.1) is 5.92 Å². The van der Waals surface area contributed by atoms with Crippen molar-refractivity contribution in [2.45, 2.75) is 13.8 Å². The monoisotopic (exact) mass is 194 g/mol. The molecule has 0 rings (SSSR count). The second-order valence-electron chi connectivity index (χ2n) is 3.17. The van der Waals surface area contributed by atoms with E-state index in [4.69, 9.17) is 0 Å². The van der Waals surface area contributed by atoms with E-state index in [1.54, 1.807) is 7.05 Å². The maximum Gasteiger partial charge on any atom is 0.211 e. The number of likely N-dealkylation sites (N-methyl/N-ethyl adjacent to an activating group) is 1. The molecule has 0 aliphatic rings. The summed E-state index contributed by atoms with van der Waals surface area (Å²) in [6.07, 6.45) is 0.